The molecule has 1 radical (unpaired) electrons. The van der Waals surface area contributed by atoms with Crippen molar-refractivity contribution in [2.24, 2.45) is 5.92 Å². The van der Waals surface area contributed by atoms with Crippen LogP contribution in [0, 0.1) is 5.92 Å². The number of fused-ring (bicyclic) bond motifs is 1. The molecule has 8 nitrogen and oxygen atoms in total. The SMILES string of the molecule is COc1ccc(-c2ccc(OC)c(Cc3c(C[N]C(=O)CCC(C)Cc4ccc(OC)c(OC)c4Cl)nc4ccccn34)c2)cc1. The summed E-state index contributed by atoms with van der Waals surface area (Å²) >= 11 is 6.58. The number of benzene rings is 3. The normalized spacial score (nSPS) is 11.7. The highest BCUT2D eigenvalue weighted by Crippen LogP contribution is 2.38. The van der Waals surface area contributed by atoms with Gasteiger partial charge in [-0.2, -0.15) is 0 Å². The zero-order valence-corrected chi connectivity index (χ0v) is 27.6. The molecule has 2 aromatic heterocycles. The molecule has 0 saturated carbocycles. The second-order valence-corrected chi connectivity index (χ2v) is 11.6. The third kappa shape index (κ3) is 7.40. The first-order valence-electron chi connectivity index (χ1n) is 15.2. The lowest BCUT2D eigenvalue weighted by Gasteiger charge is -2.16. The maximum Gasteiger partial charge on any atom is 0.241 e. The molecule has 0 spiro atoms. The van der Waals surface area contributed by atoms with E-state index in [0.29, 0.717) is 42.2 Å². The van der Waals surface area contributed by atoms with Gasteiger partial charge >= 0.3 is 0 Å². The van der Waals surface area contributed by atoms with Crippen molar-refractivity contribution in [3.05, 3.63) is 107 Å². The van der Waals surface area contributed by atoms with Gasteiger partial charge in [0.25, 0.3) is 0 Å². The van der Waals surface area contributed by atoms with Crippen molar-refractivity contribution in [2.45, 2.75) is 39.2 Å². The van der Waals surface area contributed by atoms with E-state index in [1.807, 2.05) is 72.9 Å². The number of methoxy groups -OCH3 is 4. The summed E-state index contributed by atoms with van der Waals surface area (Å²) < 4.78 is 23.9. The molecule has 5 aromatic rings. The Balaban J connectivity index is 1.28. The van der Waals surface area contributed by atoms with Crippen molar-refractivity contribution < 1.29 is 23.7 Å². The molecule has 1 unspecified atom stereocenters. The second-order valence-electron chi connectivity index (χ2n) is 11.2. The molecule has 0 bridgehead atoms. The van der Waals surface area contributed by atoms with Gasteiger partial charge in [0.05, 0.1) is 51.4 Å². The number of hydrogen-bond donors (Lipinski definition) is 0. The highest BCUT2D eigenvalue weighted by Gasteiger charge is 2.19. The minimum atomic E-state index is -0.146. The first-order valence-corrected chi connectivity index (χ1v) is 15.6. The fraction of sp³-hybridized carbons (Fsp3) is 0.297. The van der Waals surface area contributed by atoms with Gasteiger partial charge in [0, 0.05) is 24.6 Å². The van der Waals surface area contributed by atoms with E-state index in [-0.39, 0.29) is 18.4 Å². The monoisotopic (exact) mass is 640 g/mol. The number of hydrogen-bond acceptors (Lipinski definition) is 6. The van der Waals surface area contributed by atoms with E-state index < -0.39 is 0 Å². The summed E-state index contributed by atoms with van der Waals surface area (Å²) in [6.45, 7) is 2.31. The number of carbonyl (C=O) groups is 1. The minimum absolute atomic E-state index is 0.146. The van der Waals surface area contributed by atoms with Crippen LogP contribution >= 0.6 is 11.6 Å². The van der Waals surface area contributed by atoms with Gasteiger partial charge in [-0.05, 0) is 77.9 Å². The Morgan fingerprint density at radius 2 is 1.61 bits per heavy atom. The lowest BCUT2D eigenvalue weighted by atomic mass is 9.96. The van der Waals surface area contributed by atoms with Crippen molar-refractivity contribution in [1.82, 2.24) is 14.7 Å². The van der Waals surface area contributed by atoms with Crippen LogP contribution in [-0.2, 0) is 24.2 Å². The highest BCUT2D eigenvalue weighted by molar-refractivity contribution is 6.33. The Bertz CT molecular complexity index is 1800. The topological polar surface area (TPSA) is 85.4 Å². The molecule has 0 fully saturated rings. The number of carbonyl (C=O) groups excluding carboxylic acids is 1. The minimum Gasteiger partial charge on any atom is -0.497 e. The summed E-state index contributed by atoms with van der Waals surface area (Å²) in [7, 11) is 6.49. The van der Waals surface area contributed by atoms with E-state index in [1.54, 1.807) is 28.4 Å². The Hall–Kier alpha value is -4.69. The van der Waals surface area contributed by atoms with E-state index in [9.17, 15) is 4.79 Å². The Kier molecular flexibility index (Phi) is 10.7. The van der Waals surface area contributed by atoms with E-state index in [4.69, 9.17) is 35.5 Å². The number of amides is 1. The number of aromatic nitrogens is 2. The van der Waals surface area contributed by atoms with Crippen LogP contribution in [-0.4, -0.2) is 43.7 Å². The van der Waals surface area contributed by atoms with Gasteiger partial charge in [0.2, 0.25) is 5.91 Å². The fourth-order valence-electron chi connectivity index (χ4n) is 5.65. The van der Waals surface area contributed by atoms with Crippen molar-refractivity contribution in [1.29, 1.82) is 0 Å². The number of rotatable bonds is 14. The summed E-state index contributed by atoms with van der Waals surface area (Å²) in [5, 5.41) is 4.98. The van der Waals surface area contributed by atoms with Gasteiger partial charge in [-0.1, -0.05) is 48.9 Å². The quantitative estimate of drug-likeness (QED) is 0.124. The Morgan fingerprint density at radius 3 is 2.33 bits per heavy atom. The van der Waals surface area contributed by atoms with Crippen LogP contribution in [0.1, 0.15) is 42.3 Å². The summed E-state index contributed by atoms with van der Waals surface area (Å²) in [6.07, 6.45) is 4.28. The summed E-state index contributed by atoms with van der Waals surface area (Å²) in [4.78, 5) is 17.8. The number of nitrogens with zero attached hydrogens (tertiary/aromatic N) is 3. The molecule has 0 saturated heterocycles. The maximum absolute atomic E-state index is 13.0. The largest absolute Gasteiger partial charge is 0.497 e. The molecule has 46 heavy (non-hydrogen) atoms. The molecule has 0 aliphatic rings. The third-order valence-corrected chi connectivity index (χ3v) is 8.58. The molecular weight excluding hydrogens is 602 g/mol. The Labute approximate surface area is 275 Å². The van der Waals surface area contributed by atoms with E-state index in [0.717, 1.165) is 50.8 Å². The van der Waals surface area contributed by atoms with Crippen molar-refractivity contribution in [3.8, 4) is 34.1 Å². The molecule has 3 aromatic carbocycles. The standard InChI is InChI=1S/C37H39ClN3O5/c1-24(20-27-13-17-33(45-4)37(46-5)36(27)38)9-18-35(42)39-23-30-31(41-19-7-6-8-34(41)40-30)22-28-21-26(12-16-32(28)44-3)25-10-14-29(43-2)15-11-25/h6-8,10-17,19,21,24H,9,18,20,22-23H2,1-5H3. The molecule has 1 amide bonds. The first-order chi connectivity index (χ1) is 22.3. The van der Waals surface area contributed by atoms with Crippen LogP contribution in [0.3, 0.4) is 0 Å². The number of ether oxygens (including phenoxy) is 4. The average Bonchev–Trinajstić information content (AvgIpc) is 3.44. The number of pyridine rings is 1. The molecule has 5 rings (SSSR count). The molecule has 2 heterocycles. The van der Waals surface area contributed by atoms with E-state index in [2.05, 4.69) is 22.7 Å². The van der Waals surface area contributed by atoms with E-state index in [1.165, 1.54) is 0 Å². The van der Waals surface area contributed by atoms with Gasteiger partial charge < -0.3 is 23.3 Å². The highest BCUT2D eigenvalue weighted by atomic mass is 35.5. The molecule has 0 aliphatic carbocycles. The Morgan fingerprint density at radius 1 is 0.870 bits per heavy atom. The lowest BCUT2D eigenvalue weighted by Crippen LogP contribution is -2.17. The van der Waals surface area contributed by atoms with Crippen molar-refractivity contribution in [3.63, 3.8) is 0 Å². The van der Waals surface area contributed by atoms with Crippen LogP contribution in [0.2, 0.25) is 5.02 Å². The summed E-state index contributed by atoms with van der Waals surface area (Å²) in [6, 6.07) is 23.8. The van der Waals surface area contributed by atoms with Gasteiger partial charge in [0.15, 0.2) is 11.5 Å². The van der Waals surface area contributed by atoms with Crippen LogP contribution in [0.15, 0.2) is 79.0 Å². The zero-order chi connectivity index (χ0) is 32.6. The molecule has 1 atom stereocenters. The summed E-state index contributed by atoms with van der Waals surface area (Å²) in [5.41, 5.74) is 6.65. The van der Waals surface area contributed by atoms with Crippen LogP contribution in [0.4, 0.5) is 0 Å². The molecule has 0 aliphatic heterocycles. The van der Waals surface area contributed by atoms with Gasteiger partial charge in [-0.25, -0.2) is 10.3 Å². The van der Waals surface area contributed by atoms with Crippen LogP contribution < -0.4 is 24.3 Å². The molecule has 239 valence electrons. The van der Waals surface area contributed by atoms with Crippen LogP contribution in [0.25, 0.3) is 16.8 Å². The lowest BCUT2D eigenvalue weighted by molar-refractivity contribution is -0.121. The molecule has 0 N–H and O–H groups in total. The predicted octanol–water partition coefficient (Wildman–Crippen LogP) is 7.57. The van der Waals surface area contributed by atoms with E-state index >= 15 is 0 Å². The first kappa shape index (κ1) is 32.7. The van der Waals surface area contributed by atoms with Gasteiger partial charge in [-0.15, -0.1) is 0 Å². The number of halogens is 1. The molecular formula is C37H39ClN3O5. The van der Waals surface area contributed by atoms with Crippen LogP contribution in [0.5, 0.6) is 23.0 Å². The van der Waals surface area contributed by atoms with Gasteiger partial charge in [0.1, 0.15) is 17.1 Å². The summed E-state index contributed by atoms with van der Waals surface area (Å²) in [5.74, 6) is 2.77. The second kappa shape index (κ2) is 15.1. The van der Waals surface area contributed by atoms with Crippen molar-refractivity contribution in [2.75, 3.05) is 28.4 Å². The predicted molar refractivity (Wildman–Crippen MR) is 180 cm³/mol. The van der Waals surface area contributed by atoms with Crippen molar-refractivity contribution >= 4 is 23.2 Å². The molecule has 9 heteroatoms. The number of imidazole rings is 1. The zero-order valence-electron chi connectivity index (χ0n) is 26.9. The third-order valence-electron chi connectivity index (χ3n) is 8.16. The fourth-order valence-corrected chi connectivity index (χ4v) is 5.96. The average molecular weight is 641 g/mol. The maximum atomic E-state index is 13.0. The smallest absolute Gasteiger partial charge is 0.241 e. The van der Waals surface area contributed by atoms with Gasteiger partial charge in [-0.3, -0.25) is 4.79 Å².